The van der Waals surface area contributed by atoms with Crippen LogP contribution in [-0.2, 0) is 0 Å². The summed E-state index contributed by atoms with van der Waals surface area (Å²) >= 11 is 10.8. The lowest BCUT2D eigenvalue weighted by molar-refractivity contribution is 1.45. The highest BCUT2D eigenvalue weighted by atomic mass is 32.1. The third-order valence-electron chi connectivity index (χ3n) is 3.81. The number of para-hydroxylation sites is 2. The Morgan fingerprint density at radius 1 is 0.593 bits per heavy atom. The molecule has 0 saturated heterocycles. The number of hydrogen-bond donors (Lipinski definition) is 4. The van der Waals surface area contributed by atoms with Crippen molar-refractivity contribution < 1.29 is 0 Å². The maximum absolute atomic E-state index is 5.41. The van der Waals surface area contributed by atoms with Gasteiger partial charge in [-0.3, -0.25) is 0 Å². The molecule has 0 atom stereocenters. The van der Waals surface area contributed by atoms with Crippen LogP contribution in [0.3, 0.4) is 0 Å². The van der Waals surface area contributed by atoms with E-state index in [1.54, 1.807) is 0 Å². The van der Waals surface area contributed by atoms with Gasteiger partial charge in [0.25, 0.3) is 0 Å². The third-order valence-corrected chi connectivity index (χ3v) is 4.22. The van der Waals surface area contributed by atoms with Crippen molar-refractivity contribution in [3.63, 3.8) is 0 Å². The highest BCUT2D eigenvalue weighted by Crippen LogP contribution is 2.21. The average Bonchev–Trinajstić information content (AvgIpc) is 2.66. The monoisotopic (exact) mass is 392 g/mol. The van der Waals surface area contributed by atoms with Gasteiger partial charge in [0.15, 0.2) is 10.2 Å². The van der Waals surface area contributed by atoms with Crippen molar-refractivity contribution in [1.29, 1.82) is 0 Å². The van der Waals surface area contributed by atoms with E-state index in [1.807, 2.05) is 85.8 Å². The molecule has 4 N–H and O–H groups in total. The molecule has 0 saturated carbocycles. The minimum absolute atomic E-state index is 0.529. The van der Waals surface area contributed by atoms with Gasteiger partial charge in [0.1, 0.15) is 0 Å². The van der Waals surface area contributed by atoms with Crippen LogP contribution in [0.5, 0.6) is 0 Å². The maximum Gasteiger partial charge on any atom is 0.175 e. The fraction of sp³-hybridized carbons (Fsp3) is 0.0476. The molecule has 0 spiro atoms. The lowest BCUT2D eigenvalue weighted by atomic mass is 10.2. The molecular formula is C21H20N4S2. The molecule has 27 heavy (non-hydrogen) atoms. The van der Waals surface area contributed by atoms with Gasteiger partial charge in [-0.2, -0.15) is 0 Å². The van der Waals surface area contributed by atoms with E-state index >= 15 is 0 Å². The second-order valence-electron chi connectivity index (χ2n) is 5.92. The number of anilines is 4. The Morgan fingerprint density at radius 2 is 1.07 bits per heavy atom. The summed E-state index contributed by atoms with van der Waals surface area (Å²) in [5.41, 5.74) is 4.75. The van der Waals surface area contributed by atoms with Gasteiger partial charge in [0.2, 0.25) is 0 Å². The molecule has 6 heteroatoms. The van der Waals surface area contributed by atoms with Gasteiger partial charge < -0.3 is 21.3 Å². The summed E-state index contributed by atoms with van der Waals surface area (Å²) in [4.78, 5) is 0. The molecular weight excluding hydrogens is 372 g/mol. The Morgan fingerprint density at radius 3 is 1.63 bits per heavy atom. The van der Waals surface area contributed by atoms with Gasteiger partial charge >= 0.3 is 0 Å². The summed E-state index contributed by atoms with van der Waals surface area (Å²) < 4.78 is 0. The molecule has 0 aliphatic carbocycles. The molecule has 4 nitrogen and oxygen atoms in total. The summed E-state index contributed by atoms with van der Waals surface area (Å²) in [6.45, 7) is 2.03. The van der Waals surface area contributed by atoms with Crippen molar-refractivity contribution in [2.24, 2.45) is 0 Å². The third kappa shape index (κ3) is 5.77. The van der Waals surface area contributed by atoms with E-state index in [9.17, 15) is 0 Å². The Bertz CT molecular complexity index is 927. The first-order valence-corrected chi connectivity index (χ1v) is 9.28. The van der Waals surface area contributed by atoms with Crippen LogP contribution in [-0.4, -0.2) is 10.2 Å². The van der Waals surface area contributed by atoms with E-state index in [-0.39, 0.29) is 0 Å². The fourth-order valence-corrected chi connectivity index (χ4v) is 2.92. The van der Waals surface area contributed by atoms with E-state index in [1.165, 1.54) is 0 Å². The zero-order valence-electron chi connectivity index (χ0n) is 14.8. The van der Waals surface area contributed by atoms with Gasteiger partial charge in [0.05, 0.1) is 0 Å². The molecule has 0 fully saturated rings. The van der Waals surface area contributed by atoms with Gasteiger partial charge in [-0.1, -0.05) is 42.5 Å². The average molecular weight is 393 g/mol. The van der Waals surface area contributed by atoms with Gasteiger partial charge in [-0.15, -0.1) is 0 Å². The van der Waals surface area contributed by atoms with Crippen LogP contribution >= 0.6 is 24.4 Å². The Kier molecular flexibility index (Phi) is 6.35. The van der Waals surface area contributed by atoms with E-state index in [0.29, 0.717) is 10.2 Å². The van der Waals surface area contributed by atoms with Gasteiger partial charge in [0, 0.05) is 22.7 Å². The largest absolute Gasteiger partial charge is 0.332 e. The van der Waals surface area contributed by atoms with Crippen molar-refractivity contribution in [3.8, 4) is 0 Å². The van der Waals surface area contributed by atoms with Crippen LogP contribution in [0, 0.1) is 6.92 Å². The zero-order chi connectivity index (χ0) is 19.1. The molecule has 3 aromatic carbocycles. The first-order valence-electron chi connectivity index (χ1n) is 8.47. The van der Waals surface area contributed by atoms with Crippen LogP contribution in [0.2, 0.25) is 0 Å². The van der Waals surface area contributed by atoms with Gasteiger partial charge in [-0.05, 0) is 73.3 Å². The predicted octanol–water partition coefficient (Wildman–Crippen LogP) is 5.61. The minimum Gasteiger partial charge on any atom is -0.332 e. The molecule has 0 bridgehead atoms. The quantitative estimate of drug-likeness (QED) is 0.433. The molecule has 0 radical (unpaired) electrons. The van der Waals surface area contributed by atoms with Crippen LogP contribution in [0.4, 0.5) is 22.7 Å². The lowest BCUT2D eigenvalue weighted by Gasteiger charge is -2.15. The molecule has 136 valence electrons. The van der Waals surface area contributed by atoms with E-state index in [4.69, 9.17) is 24.4 Å². The topological polar surface area (TPSA) is 48.1 Å². The van der Waals surface area contributed by atoms with Gasteiger partial charge in [-0.25, -0.2) is 0 Å². The van der Waals surface area contributed by atoms with Crippen molar-refractivity contribution in [3.05, 3.63) is 84.4 Å². The Balaban J connectivity index is 1.63. The standard InChI is InChI=1S/C21H20N4S2/c1-15-12-13-18(24-20(26)22-16-8-4-2-5-9-16)14-19(15)25-21(27)23-17-10-6-3-7-11-17/h2-14H,1H3,(H2,22,24,26)(H2,23,25,27). The molecule has 0 aliphatic rings. The van der Waals surface area contributed by atoms with Crippen molar-refractivity contribution in [1.82, 2.24) is 0 Å². The SMILES string of the molecule is Cc1ccc(NC(=S)Nc2ccccc2)cc1NC(=S)Nc1ccccc1. The molecule has 3 aromatic rings. The summed E-state index contributed by atoms with van der Waals surface area (Å²) in [5, 5.41) is 13.8. The van der Waals surface area contributed by atoms with Crippen molar-refractivity contribution >= 4 is 57.4 Å². The van der Waals surface area contributed by atoms with E-state index in [2.05, 4.69) is 21.3 Å². The summed E-state index contributed by atoms with van der Waals surface area (Å²) in [6, 6.07) is 25.6. The van der Waals surface area contributed by atoms with Crippen LogP contribution < -0.4 is 21.3 Å². The van der Waals surface area contributed by atoms with E-state index in [0.717, 1.165) is 28.3 Å². The zero-order valence-corrected chi connectivity index (χ0v) is 16.5. The van der Waals surface area contributed by atoms with E-state index < -0.39 is 0 Å². The number of aryl methyl sites for hydroxylation is 1. The molecule has 0 unspecified atom stereocenters. The highest BCUT2D eigenvalue weighted by molar-refractivity contribution is 7.81. The maximum atomic E-state index is 5.41. The minimum atomic E-state index is 0.529. The van der Waals surface area contributed by atoms with Crippen LogP contribution in [0.15, 0.2) is 78.9 Å². The second-order valence-corrected chi connectivity index (χ2v) is 6.74. The number of nitrogens with one attached hydrogen (secondary N) is 4. The summed E-state index contributed by atoms with van der Waals surface area (Å²) in [6.07, 6.45) is 0. The normalized spacial score (nSPS) is 9.96. The first kappa shape index (κ1) is 18.8. The predicted molar refractivity (Wildman–Crippen MR) is 124 cm³/mol. The highest BCUT2D eigenvalue weighted by Gasteiger charge is 2.05. The number of rotatable bonds is 4. The van der Waals surface area contributed by atoms with Crippen LogP contribution in [0.1, 0.15) is 5.56 Å². The fourth-order valence-electron chi connectivity index (χ4n) is 2.46. The Labute approximate surface area is 170 Å². The van der Waals surface area contributed by atoms with Crippen LogP contribution in [0.25, 0.3) is 0 Å². The molecule has 0 amide bonds. The summed E-state index contributed by atoms with van der Waals surface area (Å²) in [5.74, 6) is 0. The molecule has 0 aliphatic heterocycles. The van der Waals surface area contributed by atoms with Crippen molar-refractivity contribution in [2.45, 2.75) is 6.92 Å². The van der Waals surface area contributed by atoms with Crippen molar-refractivity contribution in [2.75, 3.05) is 21.3 Å². The first-order chi connectivity index (χ1) is 13.1. The second kappa shape index (κ2) is 9.12. The molecule has 3 rings (SSSR count). The summed E-state index contributed by atoms with van der Waals surface area (Å²) in [7, 11) is 0. The lowest BCUT2D eigenvalue weighted by Crippen LogP contribution is -2.21. The number of hydrogen-bond acceptors (Lipinski definition) is 2. The molecule has 0 aromatic heterocycles. The smallest absolute Gasteiger partial charge is 0.175 e. The Hall–Kier alpha value is -2.96. The number of benzene rings is 3. The number of thiocarbonyl (C=S) groups is 2. The molecule has 0 heterocycles.